The molecule has 0 saturated carbocycles. The van der Waals surface area contributed by atoms with Crippen molar-refractivity contribution in [2.24, 2.45) is 0 Å². The third-order valence-corrected chi connectivity index (χ3v) is 5.23. The first-order valence-electron chi connectivity index (χ1n) is 8.37. The van der Waals surface area contributed by atoms with E-state index in [0.717, 1.165) is 16.9 Å². The number of thioether (sulfide) groups is 1. The van der Waals surface area contributed by atoms with Crippen LogP contribution in [-0.2, 0) is 15.3 Å². The minimum atomic E-state index is -0.281. The number of morpholine rings is 1. The van der Waals surface area contributed by atoms with Gasteiger partial charge in [0.2, 0.25) is 5.91 Å². The molecule has 1 fully saturated rings. The number of nitriles is 1. The highest BCUT2D eigenvalue weighted by atomic mass is 32.2. The van der Waals surface area contributed by atoms with Crippen molar-refractivity contribution in [3.05, 3.63) is 71.0 Å². The molecule has 0 aliphatic carbocycles. The van der Waals surface area contributed by atoms with Gasteiger partial charge in [-0.05, 0) is 35.4 Å². The Morgan fingerprint density at radius 2 is 1.96 bits per heavy atom. The van der Waals surface area contributed by atoms with Gasteiger partial charge in [0.25, 0.3) is 0 Å². The smallest absolute Gasteiger partial charge is 0.232 e. The maximum atomic E-state index is 13.1. The third kappa shape index (κ3) is 4.84. The van der Waals surface area contributed by atoms with E-state index in [1.165, 1.54) is 12.1 Å². The minimum Gasteiger partial charge on any atom is -0.370 e. The number of benzene rings is 2. The zero-order valence-corrected chi connectivity index (χ0v) is 15.0. The Bertz CT molecular complexity index is 787. The van der Waals surface area contributed by atoms with Crippen molar-refractivity contribution in [1.82, 2.24) is 4.90 Å². The quantitative estimate of drug-likeness (QED) is 0.808. The van der Waals surface area contributed by atoms with Crippen LogP contribution in [0.4, 0.5) is 4.39 Å². The van der Waals surface area contributed by atoms with E-state index in [1.54, 1.807) is 36.0 Å². The van der Waals surface area contributed by atoms with E-state index < -0.39 is 0 Å². The number of nitrogens with zero attached hydrogens (tertiary/aromatic N) is 2. The Morgan fingerprint density at radius 1 is 1.23 bits per heavy atom. The topological polar surface area (TPSA) is 53.3 Å². The molecule has 134 valence electrons. The molecule has 2 aromatic rings. The number of rotatable bonds is 5. The number of carbonyl (C=O) groups is 1. The first-order chi connectivity index (χ1) is 12.7. The van der Waals surface area contributed by atoms with Crippen molar-refractivity contribution in [3.63, 3.8) is 0 Å². The summed E-state index contributed by atoms with van der Waals surface area (Å²) < 4.78 is 18.8. The molecule has 26 heavy (non-hydrogen) atoms. The summed E-state index contributed by atoms with van der Waals surface area (Å²) in [6.07, 6.45) is -0.211. The van der Waals surface area contributed by atoms with Crippen LogP contribution in [0.3, 0.4) is 0 Å². The molecule has 4 nitrogen and oxygen atoms in total. The predicted molar refractivity (Wildman–Crippen MR) is 99.0 cm³/mol. The molecule has 0 aromatic heterocycles. The summed E-state index contributed by atoms with van der Waals surface area (Å²) in [5.74, 6) is 0.926. The molecule has 0 bridgehead atoms. The zero-order valence-electron chi connectivity index (χ0n) is 14.2. The van der Waals surface area contributed by atoms with Gasteiger partial charge < -0.3 is 9.64 Å². The molecule has 1 aliphatic heterocycles. The van der Waals surface area contributed by atoms with Gasteiger partial charge in [-0.25, -0.2) is 4.39 Å². The molecule has 1 atom stereocenters. The highest BCUT2D eigenvalue weighted by Gasteiger charge is 2.25. The van der Waals surface area contributed by atoms with Crippen molar-refractivity contribution in [1.29, 1.82) is 5.26 Å². The molecular weight excluding hydrogens is 351 g/mol. The van der Waals surface area contributed by atoms with E-state index >= 15 is 0 Å². The fourth-order valence-corrected chi connectivity index (χ4v) is 3.67. The maximum absolute atomic E-state index is 13.1. The Labute approximate surface area is 156 Å². The lowest BCUT2D eigenvalue weighted by Crippen LogP contribution is -2.43. The van der Waals surface area contributed by atoms with E-state index in [2.05, 4.69) is 6.07 Å². The van der Waals surface area contributed by atoms with Crippen molar-refractivity contribution < 1.29 is 13.9 Å². The van der Waals surface area contributed by atoms with Crippen LogP contribution in [0.15, 0.2) is 48.5 Å². The third-order valence-electron chi connectivity index (χ3n) is 4.24. The van der Waals surface area contributed by atoms with E-state index in [4.69, 9.17) is 10.00 Å². The van der Waals surface area contributed by atoms with Gasteiger partial charge in [-0.15, -0.1) is 11.8 Å². The van der Waals surface area contributed by atoms with Gasteiger partial charge in [-0.2, -0.15) is 5.26 Å². The van der Waals surface area contributed by atoms with Gasteiger partial charge >= 0.3 is 0 Å². The maximum Gasteiger partial charge on any atom is 0.232 e. The summed E-state index contributed by atoms with van der Waals surface area (Å²) in [6.45, 7) is 1.55. The van der Waals surface area contributed by atoms with Gasteiger partial charge in [-0.1, -0.05) is 24.3 Å². The molecule has 3 rings (SSSR count). The van der Waals surface area contributed by atoms with Crippen molar-refractivity contribution >= 4 is 17.7 Å². The lowest BCUT2D eigenvalue weighted by molar-refractivity contribution is -0.136. The van der Waals surface area contributed by atoms with Crippen LogP contribution < -0.4 is 0 Å². The predicted octanol–water partition coefficient (Wildman–Crippen LogP) is 3.53. The first kappa shape index (κ1) is 18.4. The van der Waals surface area contributed by atoms with Crippen molar-refractivity contribution in [3.8, 4) is 6.07 Å². The Balaban J connectivity index is 1.49. The summed E-state index contributed by atoms with van der Waals surface area (Å²) in [5.41, 5.74) is 2.61. The van der Waals surface area contributed by atoms with Crippen LogP contribution in [0.2, 0.25) is 0 Å². The monoisotopic (exact) mass is 370 g/mol. The SMILES string of the molecule is N#Cc1ccc(CSCC(=O)N2CCOC(c3ccc(F)cc3)C2)cc1. The van der Waals surface area contributed by atoms with Gasteiger partial charge in [0, 0.05) is 12.3 Å². The molecule has 1 amide bonds. The van der Waals surface area contributed by atoms with Crippen molar-refractivity contribution in [2.75, 3.05) is 25.4 Å². The summed E-state index contributed by atoms with van der Waals surface area (Å²) in [6, 6.07) is 15.7. The zero-order chi connectivity index (χ0) is 18.4. The fraction of sp³-hybridized carbons (Fsp3) is 0.300. The highest BCUT2D eigenvalue weighted by Crippen LogP contribution is 2.23. The number of ether oxygens (including phenoxy) is 1. The van der Waals surface area contributed by atoms with Crippen LogP contribution in [0, 0.1) is 17.1 Å². The largest absolute Gasteiger partial charge is 0.370 e. The molecule has 1 unspecified atom stereocenters. The Morgan fingerprint density at radius 3 is 2.65 bits per heavy atom. The fourth-order valence-electron chi connectivity index (χ4n) is 2.78. The van der Waals surface area contributed by atoms with Crippen LogP contribution in [0.25, 0.3) is 0 Å². The number of hydrogen-bond acceptors (Lipinski definition) is 4. The molecule has 0 N–H and O–H groups in total. The van der Waals surface area contributed by atoms with Crippen molar-refractivity contribution in [2.45, 2.75) is 11.9 Å². The van der Waals surface area contributed by atoms with Crippen LogP contribution in [-0.4, -0.2) is 36.3 Å². The average molecular weight is 370 g/mol. The van der Waals surface area contributed by atoms with E-state index in [0.29, 0.717) is 31.0 Å². The van der Waals surface area contributed by atoms with Gasteiger partial charge in [0.15, 0.2) is 0 Å². The van der Waals surface area contributed by atoms with E-state index in [-0.39, 0.29) is 17.8 Å². The summed E-state index contributed by atoms with van der Waals surface area (Å²) in [4.78, 5) is 14.3. The van der Waals surface area contributed by atoms with Gasteiger partial charge in [-0.3, -0.25) is 4.79 Å². The Hall–Kier alpha value is -2.36. The summed E-state index contributed by atoms with van der Waals surface area (Å²) in [5, 5.41) is 8.80. The molecule has 1 heterocycles. The standard InChI is InChI=1S/C20H19FN2O2S/c21-18-7-5-17(6-8-18)19-12-23(9-10-25-19)20(24)14-26-13-16-3-1-15(11-22)2-4-16/h1-8,19H,9-10,12-14H2. The summed E-state index contributed by atoms with van der Waals surface area (Å²) in [7, 11) is 0. The lowest BCUT2D eigenvalue weighted by atomic mass is 10.1. The number of amides is 1. The molecule has 6 heteroatoms. The van der Waals surface area contributed by atoms with Crippen LogP contribution >= 0.6 is 11.8 Å². The Kier molecular flexibility index (Phi) is 6.26. The number of hydrogen-bond donors (Lipinski definition) is 0. The van der Waals surface area contributed by atoms with Gasteiger partial charge in [0.05, 0.1) is 30.5 Å². The van der Waals surface area contributed by atoms with Crippen LogP contribution in [0.5, 0.6) is 0 Å². The minimum absolute atomic E-state index is 0.0825. The van der Waals surface area contributed by atoms with Crippen LogP contribution in [0.1, 0.15) is 22.8 Å². The molecule has 0 radical (unpaired) electrons. The molecular formula is C20H19FN2O2S. The molecule has 1 saturated heterocycles. The average Bonchev–Trinajstić information content (AvgIpc) is 2.69. The number of carbonyl (C=O) groups excluding carboxylic acids is 1. The highest BCUT2D eigenvalue weighted by molar-refractivity contribution is 7.99. The second-order valence-electron chi connectivity index (χ2n) is 6.05. The molecule has 1 aliphatic rings. The van der Waals surface area contributed by atoms with E-state index in [1.807, 2.05) is 17.0 Å². The normalized spacial score (nSPS) is 16.9. The summed E-state index contributed by atoms with van der Waals surface area (Å²) >= 11 is 1.56. The second-order valence-corrected chi connectivity index (χ2v) is 7.04. The molecule has 0 spiro atoms. The second kappa shape index (κ2) is 8.84. The number of halogens is 1. The lowest BCUT2D eigenvalue weighted by Gasteiger charge is -2.33. The molecule has 2 aromatic carbocycles. The van der Waals surface area contributed by atoms with Gasteiger partial charge in [0.1, 0.15) is 11.9 Å². The van der Waals surface area contributed by atoms with E-state index in [9.17, 15) is 9.18 Å². The first-order valence-corrected chi connectivity index (χ1v) is 9.53.